The van der Waals surface area contributed by atoms with Crippen molar-refractivity contribution in [2.75, 3.05) is 11.5 Å². The molecule has 0 bridgehead atoms. The van der Waals surface area contributed by atoms with Gasteiger partial charge in [0.05, 0.1) is 6.34 Å². The van der Waals surface area contributed by atoms with Crippen molar-refractivity contribution in [2.45, 2.75) is 84.7 Å². The molecule has 0 amide bonds. The molecule has 39 heavy (non-hydrogen) atoms. The van der Waals surface area contributed by atoms with Crippen LogP contribution in [-0.2, 0) is 17.4 Å². The zero-order valence-electron chi connectivity index (χ0n) is 24.7. The van der Waals surface area contributed by atoms with E-state index in [1.54, 1.807) is 0 Å². The fourth-order valence-electron chi connectivity index (χ4n) is 5.10. The lowest BCUT2D eigenvalue weighted by atomic mass is 9.78. The Balaban J connectivity index is 1.77. The van der Waals surface area contributed by atoms with Gasteiger partial charge in [-0.3, -0.25) is 4.99 Å². The van der Waals surface area contributed by atoms with Gasteiger partial charge in [0.2, 0.25) is 0 Å². The summed E-state index contributed by atoms with van der Waals surface area (Å²) in [5, 5.41) is 11.2. The molecule has 1 atom stereocenters. The minimum absolute atomic E-state index is 0.137. The second-order valence-electron chi connectivity index (χ2n) is 12.9. The molecule has 1 N–H and O–H groups in total. The standard InChI is InChI=1S/C35H42N2O2/c1-10-17-39-27-15-16-31-28(20-27)32(26-13-11-25(12-14-26)23(2)3)36-22-37(31)21-24-18-29(34(4,5)6)33(38)30(19-24)35(7,8)9/h1,11-16,18-20,22-23,32,38H,17,21H2,2-9H3. The van der Waals surface area contributed by atoms with Gasteiger partial charge >= 0.3 is 0 Å². The first-order valence-corrected chi connectivity index (χ1v) is 13.8. The van der Waals surface area contributed by atoms with Gasteiger partial charge in [0.1, 0.15) is 24.1 Å². The number of nitrogens with zero attached hydrogens (tertiary/aromatic N) is 2. The van der Waals surface area contributed by atoms with Crippen molar-refractivity contribution in [3.8, 4) is 23.8 Å². The number of phenolic OH excluding ortho intramolecular Hbond substituents is 1. The van der Waals surface area contributed by atoms with Gasteiger partial charge in [-0.15, -0.1) is 6.42 Å². The Bertz CT molecular complexity index is 1360. The van der Waals surface area contributed by atoms with Crippen molar-refractivity contribution >= 4 is 12.0 Å². The number of hydrogen-bond donors (Lipinski definition) is 1. The summed E-state index contributed by atoms with van der Waals surface area (Å²) in [6.45, 7) is 18.1. The number of phenols is 1. The smallest absolute Gasteiger partial charge is 0.148 e. The summed E-state index contributed by atoms with van der Waals surface area (Å²) < 4.78 is 5.79. The van der Waals surface area contributed by atoms with Crippen LogP contribution in [0.5, 0.6) is 11.5 Å². The Morgan fingerprint density at radius 2 is 1.56 bits per heavy atom. The van der Waals surface area contributed by atoms with Crippen molar-refractivity contribution in [3.05, 3.63) is 88.0 Å². The molecule has 3 aromatic rings. The molecule has 204 valence electrons. The largest absolute Gasteiger partial charge is 0.507 e. The fraction of sp³-hybridized carbons (Fsp3) is 0.400. The summed E-state index contributed by atoms with van der Waals surface area (Å²) in [5.41, 5.74) is 7.28. The minimum Gasteiger partial charge on any atom is -0.507 e. The molecule has 0 aliphatic carbocycles. The second kappa shape index (κ2) is 10.8. The number of terminal acetylenes is 1. The van der Waals surface area contributed by atoms with Crippen LogP contribution in [0.15, 0.2) is 59.6 Å². The summed E-state index contributed by atoms with van der Waals surface area (Å²) in [6, 6.07) is 19.0. The maximum absolute atomic E-state index is 11.2. The van der Waals surface area contributed by atoms with E-state index in [-0.39, 0.29) is 23.5 Å². The maximum atomic E-state index is 11.2. The predicted octanol–water partition coefficient (Wildman–Crippen LogP) is 8.26. The molecule has 1 aliphatic heterocycles. The summed E-state index contributed by atoms with van der Waals surface area (Å²) >= 11 is 0. The topological polar surface area (TPSA) is 45.1 Å². The third kappa shape index (κ3) is 6.14. The van der Waals surface area contributed by atoms with Crippen LogP contribution in [0.1, 0.15) is 101 Å². The molecule has 0 saturated heterocycles. The van der Waals surface area contributed by atoms with Crippen molar-refractivity contribution in [2.24, 2.45) is 4.99 Å². The van der Waals surface area contributed by atoms with Crippen molar-refractivity contribution in [1.29, 1.82) is 0 Å². The van der Waals surface area contributed by atoms with Gasteiger partial charge < -0.3 is 14.7 Å². The number of fused-ring (bicyclic) bond motifs is 1. The first-order chi connectivity index (χ1) is 18.3. The maximum Gasteiger partial charge on any atom is 0.148 e. The highest BCUT2D eigenvalue weighted by molar-refractivity contribution is 5.84. The minimum atomic E-state index is -0.190. The first-order valence-electron chi connectivity index (χ1n) is 13.8. The van der Waals surface area contributed by atoms with E-state index in [0.29, 0.717) is 18.2 Å². The molecule has 4 nitrogen and oxygen atoms in total. The highest BCUT2D eigenvalue weighted by atomic mass is 16.5. The highest BCUT2D eigenvalue weighted by Gasteiger charge is 2.29. The van der Waals surface area contributed by atoms with Crippen LogP contribution < -0.4 is 9.64 Å². The lowest BCUT2D eigenvalue weighted by Crippen LogP contribution is -2.27. The van der Waals surface area contributed by atoms with E-state index in [1.165, 1.54) is 5.56 Å². The van der Waals surface area contributed by atoms with Gasteiger partial charge in [0.25, 0.3) is 0 Å². The molecule has 4 rings (SSSR count). The number of ether oxygens (including phenoxy) is 1. The number of benzene rings is 3. The third-order valence-corrected chi connectivity index (χ3v) is 7.34. The Morgan fingerprint density at radius 1 is 0.949 bits per heavy atom. The van der Waals surface area contributed by atoms with Crippen LogP contribution in [0.4, 0.5) is 5.69 Å². The van der Waals surface area contributed by atoms with Crippen LogP contribution in [0, 0.1) is 12.3 Å². The molecular formula is C35H42N2O2. The molecule has 0 spiro atoms. The van der Waals surface area contributed by atoms with E-state index >= 15 is 0 Å². The lowest BCUT2D eigenvalue weighted by Gasteiger charge is -2.32. The van der Waals surface area contributed by atoms with Crippen LogP contribution in [0.25, 0.3) is 0 Å². The molecule has 0 radical (unpaired) electrons. The zero-order valence-corrected chi connectivity index (χ0v) is 24.7. The number of aromatic hydroxyl groups is 1. The molecule has 0 aromatic heterocycles. The Kier molecular flexibility index (Phi) is 7.84. The SMILES string of the molecule is C#CCOc1ccc2c(c1)C(c1ccc(C(C)C)cc1)N=CN2Cc1cc(C(C)(C)C)c(O)c(C(C)(C)C)c1. The van der Waals surface area contributed by atoms with E-state index in [0.717, 1.165) is 39.3 Å². The van der Waals surface area contributed by atoms with E-state index in [4.69, 9.17) is 16.2 Å². The highest BCUT2D eigenvalue weighted by Crippen LogP contribution is 2.42. The van der Waals surface area contributed by atoms with Crippen LogP contribution in [-0.4, -0.2) is 18.1 Å². The number of aliphatic imine (C=N–C) groups is 1. The molecule has 4 heteroatoms. The Hall–Kier alpha value is -3.71. The summed E-state index contributed by atoms with van der Waals surface area (Å²) in [4.78, 5) is 7.22. The average Bonchev–Trinajstić information content (AvgIpc) is 2.87. The molecule has 1 unspecified atom stereocenters. The van der Waals surface area contributed by atoms with Crippen molar-refractivity contribution in [3.63, 3.8) is 0 Å². The predicted molar refractivity (Wildman–Crippen MR) is 163 cm³/mol. The van der Waals surface area contributed by atoms with Gasteiger partial charge in [0, 0.05) is 17.8 Å². The van der Waals surface area contributed by atoms with Crippen LogP contribution in [0.3, 0.4) is 0 Å². The van der Waals surface area contributed by atoms with Gasteiger partial charge in [-0.25, -0.2) is 0 Å². The van der Waals surface area contributed by atoms with Gasteiger partial charge in [-0.2, -0.15) is 0 Å². The second-order valence-corrected chi connectivity index (χ2v) is 12.9. The number of anilines is 1. The zero-order chi connectivity index (χ0) is 28.5. The molecule has 1 heterocycles. The average molecular weight is 523 g/mol. The van der Waals surface area contributed by atoms with Crippen LogP contribution in [0.2, 0.25) is 0 Å². The first kappa shape index (κ1) is 28.3. The van der Waals surface area contributed by atoms with E-state index in [2.05, 4.69) is 115 Å². The summed E-state index contributed by atoms with van der Waals surface area (Å²) in [7, 11) is 0. The lowest BCUT2D eigenvalue weighted by molar-refractivity contribution is 0.370. The van der Waals surface area contributed by atoms with Crippen molar-refractivity contribution < 1.29 is 9.84 Å². The number of hydrogen-bond acceptors (Lipinski definition) is 4. The normalized spacial score (nSPS) is 15.3. The third-order valence-electron chi connectivity index (χ3n) is 7.34. The van der Waals surface area contributed by atoms with Gasteiger partial charge in [-0.1, -0.05) is 85.6 Å². The monoisotopic (exact) mass is 522 g/mol. The van der Waals surface area contributed by atoms with Crippen LogP contribution >= 0.6 is 0 Å². The van der Waals surface area contributed by atoms with Gasteiger partial charge in [-0.05, 0) is 74.9 Å². The molecule has 0 fully saturated rings. The number of rotatable bonds is 6. The summed E-state index contributed by atoms with van der Waals surface area (Å²) in [6.07, 6.45) is 7.40. The Morgan fingerprint density at radius 3 is 2.10 bits per heavy atom. The van der Waals surface area contributed by atoms with E-state index in [1.807, 2.05) is 12.4 Å². The molecule has 0 saturated carbocycles. The molecular weight excluding hydrogens is 480 g/mol. The molecule has 1 aliphatic rings. The fourth-order valence-corrected chi connectivity index (χ4v) is 5.10. The van der Waals surface area contributed by atoms with Crippen molar-refractivity contribution in [1.82, 2.24) is 0 Å². The van der Waals surface area contributed by atoms with Gasteiger partial charge in [0.15, 0.2) is 0 Å². The Labute approximate surface area is 234 Å². The van der Waals surface area contributed by atoms with E-state index in [9.17, 15) is 5.11 Å². The van der Waals surface area contributed by atoms with E-state index < -0.39 is 0 Å². The molecule has 3 aromatic carbocycles. The quantitative estimate of drug-likeness (QED) is 0.331. The summed E-state index contributed by atoms with van der Waals surface area (Å²) in [5.74, 6) is 4.16.